The molecule has 0 heterocycles. The van der Waals surface area contributed by atoms with Crippen LogP contribution in [-0.4, -0.2) is 10.8 Å². The molecule has 124 valence electrons. The van der Waals surface area contributed by atoms with E-state index in [9.17, 15) is 14.9 Å². The van der Waals surface area contributed by atoms with Crippen LogP contribution < -0.4 is 5.32 Å². The van der Waals surface area contributed by atoms with Gasteiger partial charge in [-0.2, -0.15) is 0 Å². The van der Waals surface area contributed by atoms with Crippen molar-refractivity contribution in [3.63, 3.8) is 0 Å². The number of nitrogens with one attached hydrogen (secondary N) is 1. The first-order valence-electron chi connectivity index (χ1n) is 7.83. The molecule has 0 spiro atoms. The normalized spacial score (nSPS) is 12.1. The highest BCUT2D eigenvalue weighted by molar-refractivity contribution is 6.02. The molecule has 5 heteroatoms. The van der Waals surface area contributed by atoms with E-state index in [0.29, 0.717) is 17.2 Å². The van der Waals surface area contributed by atoms with E-state index in [4.69, 9.17) is 0 Å². The number of nitrogens with zero attached hydrogens (tertiary/aromatic N) is 1. The molecule has 1 amide bonds. The molecule has 0 radical (unpaired) electrons. The first-order valence-corrected chi connectivity index (χ1v) is 7.83. The van der Waals surface area contributed by atoms with Gasteiger partial charge in [-0.05, 0) is 42.2 Å². The van der Waals surface area contributed by atoms with Gasteiger partial charge in [-0.3, -0.25) is 14.9 Å². The van der Waals surface area contributed by atoms with Crippen LogP contribution in [0.3, 0.4) is 0 Å². The molecule has 5 nitrogen and oxygen atoms in total. The minimum atomic E-state index is -0.467. The summed E-state index contributed by atoms with van der Waals surface area (Å²) in [4.78, 5) is 22.4. The van der Waals surface area contributed by atoms with Gasteiger partial charge in [0, 0.05) is 17.8 Å². The predicted molar refractivity (Wildman–Crippen MR) is 95.9 cm³/mol. The topological polar surface area (TPSA) is 72.2 Å². The first kappa shape index (κ1) is 17.4. The van der Waals surface area contributed by atoms with Gasteiger partial charge in [0.05, 0.1) is 10.5 Å². The highest BCUT2D eigenvalue weighted by Gasteiger charge is 2.10. The average Bonchev–Trinajstić information content (AvgIpc) is 2.60. The van der Waals surface area contributed by atoms with Crippen LogP contribution in [0.15, 0.2) is 54.6 Å². The van der Waals surface area contributed by atoms with E-state index >= 15 is 0 Å². The summed E-state index contributed by atoms with van der Waals surface area (Å²) >= 11 is 0. The van der Waals surface area contributed by atoms with Crippen molar-refractivity contribution < 1.29 is 9.72 Å². The van der Waals surface area contributed by atoms with Crippen LogP contribution in [0.25, 0.3) is 6.08 Å². The third-order valence-electron chi connectivity index (χ3n) is 3.91. The van der Waals surface area contributed by atoms with E-state index in [-0.39, 0.29) is 11.6 Å². The lowest BCUT2D eigenvalue weighted by Gasteiger charge is -2.09. The lowest BCUT2D eigenvalue weighted by Crippen LogP contribution is -2.07. The largest absolute Gasteiger partial charge is 0.323 e. The van der Waals surface area contributed by atoms with Crippen LogP contribution in [0.2, 0.25) is 0 Å². The van der Waals surface area contributed by atoms with Gasteiger partial charge in [0.2, 0.25) is 5.91 Å². The van der Waals surface area contributed by atoms with Crippen molar-refractivity contribution >= 4 is 23.4 Å². The second-order valence-electron chi connectivity index (χ2n) is 5.57. The Bertz CT molecular complexity index is 751. The molecule has 0 bridgehead atoms. The molecule has 0 saturated carbocycles. The summed E-state index contributed by atoms with van der Waals surface area (Å²) in [6.45, 7) is 4.29. The summed E-state index contributed by atoms with van der Waals surface area (Å²) in [5.74, 6) is 0.151. The quantitative estimate of drug-likeness (QED) is 0.473. The summed E-state index contributed by atoms with van der Waals surface area (Å²) in [7, 11) is 0. The fourth-order valence-corrected chi connectivity index (χ4v) is 2.27. The lowest BCUT2D eigenvalue weighted by atomic mass is 9.99. The molecule has 2 aromatic carbocycles. The molecule has 0 fully saturated rings. The number of carbonyl (C=O) groups excluding carboxylic acids is 1. The average molecular weight is 324 g/mol. The molecule has 1 atom stereocenters. The van der Waals surface area contributed by atoms with E-state index < -0.39 is 4.92 Å². The zero-order chi connectivity index (χ0) is 17.5. The van der Waals surface area contributed by atoms with Crippen LogP contribution >= 0.6 is 0 Å². The Hall–Kier alpha value is -2.95. The van der Waals surface area contributed by atoms with E-state index in [1.165, 1.54) is 23.8 Å². The number of rotatable bonds is 6. The molecular formula is C19H20N2O3. The molecule has 2 aromatic rings. The standard InChI is InChI=1S/C19H20N2O3/c1-3-14(2)15-8-11-17(12-9-15)20-19(22)13-10-16-6-4-5-7-18(16)21(23)24/h4-14H,3H2,1-2H3,(H,20,22)/b13-10+. The third-order valence-corrected chi connectivity index (χ3v) is 3.91. The lowest BCUT2D eigenvalue weighted by molar-refractivity contribution is -0.385. The van der Waals surface area contributed by atoms with Crippen LogP contribution in [0.1, 0.15) is 37.3 Å². The Labute approximate surface area is 141 Å². The summed E-state index contributed by atoms with van der Waals surface area (Å²) in [5, 5.41) is 13.7. The van der Waals surface area contributed by atoms with E-state index in [2.05, 4.69) is 19.2 Å². The first-order chi connectivity index (χ1) is 11.5. The fraction of sp³-hybridized carbons (Fsp3) is 0.211. The number of carbonyl (C=O) groups is 1. The van der Waals surface area contributed by atoms with E-state index in [0.717, 1.165) is 6.42 Å². The minimum absolute atomic E-state index is 0.0283. The molecule has 0 aliphatic heterocycles. The van der Waals surface area contributed by atoms with Crippen LogP contribution in [-0.2, 0) is 4.79 Å². The number of hydrogen-bond acceptors (Lipinski definition) is 3. The Morgan fingerprint density at radius 3 is 2.50 bits per heavy atom. The SMILES string of the molecule is CCC(C)c1ccc(NC(=O)/C=C/c2ccccc2[N+](=O)[O-])cc1. The van der Waals surface area contributed by atoms with Crippen molar-refractivity contribution in [3.05, 3.63) is 75.8 Å². The van der Waals surface area contributed by atoms with Gasteiger partial charge in [-0.25, -0.2) is 0 Å². The molecular weight excluding hydrogens is 304 g/mol. The van der Waals surface area contributed by atoms with Crippen molar-refractivity contribution in [1.82, 2.24) is 0 Å². The van der Waals surface area contributed by atoms with E-state index in [1.807, 2.05) is 24.3 Å². The van der Waals surface area contributed by atoms with Gasteiger partial charge >= 0.3 is 0 Å². The summed E-state index contributed by atoms with van der Waals surface area (Å²) in [6.07, 6.45) is 3.80. The molecule has 0 aliphatic carbocycles. The number of hydrogen-bond donors (Lipinski definition) is 1. The van der Waals surface area contributed by atoms with Crippen molar-refractivity contribution in [2.45, 2.75) is 26.2 Å². The Kier molecular flexibility index (Phi) is 5.84. The highest BCUT2D eigenvalue weighted by Crippen LogP contribution is 2.21. The molecule has 1 unspecified atom stereocenters. The summed E-state index contributed by atoms with van der Waals surface area (Å²) < 4.78 is 0. The highest BCUT2D eigenvalue weighted by atomic mass is 16.6. The number of amides is 1. The smallest absolute Gasteiger partial charge is 0.276 e. The maximum Gasteiger partial charge on any atom is 0.276 e. The van der Waals surface area contributed by atoms with Crippen LogP contribution in [0.4, 0.5) is 11.4 Å². The monoisotopic (exact) mass is 324 g/mol. The number of nitro groups is 1. The molecule has 2 rings (SSSR count). The van der Waals surface area contributed by atoms with Gasteiger partial charge in [0.15, 0.2) is 0 Å². The number of nitro benzene ring substituents is 1. The van der Waals surface area contributed by atoms with Gasteiger partial charge in [0.1, 0.15) is 0 Å². The molecule has 0 saturated heterocycles. The number of benzene rings is 2. The zero-order valence-corrected chi connectivity index (χ0v) is 13.7. The van der Waals surface area contributed by atoms with Gasteiger partial charge in [-0.15, -0.1) is 0 Å². The van der Waals surface area contributed by atoms with Crippen molar-refractivity contribution in [1.29, 1.82) is 0 Å². The number of para-hydroxylation sites is 1. The maximum atomic E-state index is 12.0. The molecule has 1 N–H and O–H groups in total. The third kappa shape index (κ3) is 4.52. The van der Waals surface area contributed by atoms with Crippen molar-refractivity contribution in [3.8, 4) is 0 Å². The fourth-order valence-electron chi connectivity index (χ4n) is 2.27. The Morgan fingerprint density at radius 1 is 1.21 bits per heavy atom. The maximum absolute atomic E-state index is 12.0. The van der Waals surface area contributed by atoms with Crippen molar-refractivity contribution in [2.24, 2.45) is 0 Å². The Morgan fingerprint density at radius 2 is 1.88 bits per heavy atom. The second-order valence-corrected chi connectivity index (χ2v) is 5.57. The van der Waals surface area contributed by atoms with Crippen LogP contribution in [0.5, 0.6) is 0 Å². The molecule has 0 aliphatic rings. The van der Waals surface area contributed by atoms with E-state index in [1.54, 1.807) is 18.2 Å². The molecule has 0 aromatic heterocycles. The van der Waals surface area contributed by atoms with Gasteiger partial charge in [-0.1, -0.05) is 38.1 Å². The predicted octanol–water partition coefficient (Wildman–Crippen LogP) is 4.76. The van der Waals surface area contributed by atoms with Crippen molar-refractivity contribution in [2.75, 3.05) is 5.32 Å². The second kappa shape index (κ2) is 8.06. The minimum Gasteiger partial charge on any atom is -0.323 e. The summed E-state index contributed by atoms with van der Waals surface area (Å²) in [6, 6.07) is 14.0. The molecule has 24 heavy (non-hydrogen) atoms. The summed E-state index contributed by atoms with van der Waals surface area (Å²) in [5.41, 5.74) is 2.29. The Balaban J connectivity index is 2.04. The number of anilines is 1. The van der Waals surface area contributed by atoms with Crippen LogP contribution in [0, 0.1) is 10.1 Å². The van der Waals surface area contributed by atoms with Gasteiger partial charge in [0.25, 0.3) is 5.69 Å². The van der Waals surface area contributed by atoms with Gasteiger partial charge < -0.3 is 5.32 Å². The zero-order valence-electron chi connectivity index (χ0n) is 13.7.